The van der Waals surface area contributed by atoms with E-state index >= 15 is 0 Å². The van der Waals surface area contributed by atoms with Crippen LogP contribution in [0.15, 0.2) is 546 Å². The molecule has 20 aromatic rings. The highest BCUT2D eigenvalue weighted by Crippen LogP contribution is 2.44. The summed E-state index contributed by atoms with van der Waals surface area (Å²) in [6.07, 6.45) is 0. The van der Waals surface area contributed by atoms with Gasteiger partial charge in [0.25, 0.3) is 0 Å². The average Bonchev–Trinajstić information content (AvgIpc) is 0.833. The molecule has 20 rings (SSSR count). The third-order valence-corrected chi connectivity index (χ3v) is 23.2. The van der Waals surface area contributed by atoms with E-state index in [1.54, 1.807) is 0 Å². The topological polar surface area (TPSA) is 25.9 Å². The zero-order valence-electron chi connectivity index (χ0n) is 73.5. The van der Waals surface area contributed by atoms with E-state index in [1.165, 1.54) is 55.5 Å². The maximum absolute atomic E-state index is 2.29. The maximum atomic E-state index is 2.29. The molecule has 0 heterocycles. The molecule has 8 nitrogen and oxygen atoms in total. The van der Waals surface area contributed by atoms with Crippen molar-refractivity contribution in [3.05, 3.63) is 546 Å². The number of hydrogen-bond acceptors (Lipinski definition) is 8. The summed E-state index contributed by atoms with van der Waals surface area (Å²) in [4.78, 5) is 18.1. The molecule has 0 spiro atoms. The molecule has 0 aliphatic rings. The lowest BCUT2D eigenvalue weighted by Crippen LogP contribution is -2.13. The Labute approximate surface area is 766 Å². The van der Waals surface area contributed by atoms with Crippen LogP contribution < -0.4 is 39.2 Å². The first kappa shape index (κ1) is 85.2. The smallest absolute Gasteiger partial charge is 0.0487 e. The summed E-state index contributed by atoms with van der Waals surface area (Å²) in [5, 5.41) is 2.51. The van der Waals surface area contributed by atoms with Crippen LogP contribution in [0.25, 0.3) is 44.2 Å². The maximum Gasteiger partial charge on any atom is 0.0487 e. The van der Waals surface area contributed by atoms with Gasteiger partial charge in [0.05, 0.1) is 0 Å². The fourth-order valence-electron chi connectivity index (χ4n) is 16.4. The third-order valence-electron chi connectivity index (χ3n) is 23.2. The summed E-state index contributed by atoms with van der Waals surface area (Å²) >= 11 is 0. The van der Waals surface area contributed by atoms with Gasteiger partial charge in [0.2, 0.25) is 0 Å². The predicted molar refractivity (Wildman–Crippen MR) is 556 cm³/mol. The van der Waals surface area contributed by atoms with Gasteiger partial charge in [0, 0.05) is 148 Å². The fourth-order valence-corrected chi connectivity index (χ4v) is 16.4. The summed E-state index contributed by atoms with van der Waals surface area (Å²) in [6, 6.07) is 191. The Morgan fingerprint density at radius 3 is 0.677 bits per heavy atom. The Morgan fingerprint density at radius 1 is 0.115 bits per heavy atom. The second kappa shape index (κ2) is 42.2. The van der Waals surface area contributed by atoms with Crippen LogP contribution in [0.2, 0.25) is 0 Å². The summed E-state index contributed by atoms with van der Waals surface area (Å²) in [5.74, 6) is 0. The van der Waals surface area contributed by atoms with Gasteiger partial charge in [-0.15, -0.1) is 0 Å². The minimum atomic E-state index is 1.12. The Balaban J connectivity index is 0.000000121. The van der Waals surface area contributed by atoms with Crippen LogP contribution in [0.3, 0.4) is 0 Å². The molecule has 20 aromatic carbocycles. The zero-order chi connectivity index (χ0) is 88.4. The van der Waals surface area contributed by atoms with E-state index in [0.717, 1.165) is 102 Å². The van der Waals surface area contributed by atoms with E-state index in [4.69, 9.17) is 0 Å². The Hall–Kier alpha value is -16.9. The van der Waals surface area contributed by atoms with Crippen molar-refractivity contribution in [1.82, 2.24) is 0 Å². The first-order valence-electron chi connectivity index (χ1n) is 44.1. The highest BCUT2D eigenvalue weighted by Gasteiger charge is 2.21. The first-order chi connectivity index (χ1) is 64.2. The SMILES string of the molecule is CN(c1ccc(-c2ccccc2)cc1)c1cccc(N(c2ccccc2)c2ccccc2)c1.CN(c1cccc(-c2ccccc2)c1)c1cccc(N(c2ccccc2)c2ccccc2)c1.CN(c1cccc(N(c2ccccc2)c2ccccc2)c1)c1ccc2ccccc2c1.CN(c1cccc(N(c2ccccc2)c2ccccc2)c1)c1ccccc1-c1ccccc1. The van der Waals surface area contributed by atoms with Gasteiger partial charge >= 0.3 is 0 Å². The lowest BCUT2D eigenvalue weighted by molar-refractivity contribution is 1.20. The Kier molecular flexibility index (Phi) is 27.6. The molecule has 0 aliphatic heterocycles. The van der Waals surface area contributed by atoms with Gasteiger partial charge in [-0.3, -0.25) is 0 Å². The van der Waals surface area contributed by atoms with E-state index < -0.39 is 0 Å². The van der Waals surface area contributed by atoms with Gasteiger partial charge in [-0.2, -0.15) is 0 Å². The first-order valence-corrected chi connectivity index (χ1v) is 44.1. The minimum absolute atomic E-state index is 1.12. The molecule has 0 radical (unpaired) electrons. The van der Waals surface area contributed by atoms with Gasteiger partial charge < -0.3 is 39.2 Å². The number of benzene rings is 20. The number of fused-ring (bicyclic) bond motifs is 1. The van der Waals surface area contributed by atoms with Crippen molar-refractivity contribution in [2.45, 2.75) is 0 Å². The lowest BCUT2D eigenvalue weighted by atomic mass is 10.0. The molecular formula is C122H102N8. The number of anilines is 20. The van der Waals surface area contributed by atoms with Crippen LogP contribution in [-0.2, 0) is 0 Å². The number of hydrogen-bond donors (Lipinski definition) is 0. The Bertz CT molecular complexity index is 6750. The molecule has 0 fully saturated rings. The zero-order valence-corrected chi connectivity index (χ0v) is 73.5. The fraction of sp³-hybridized carbons (Fsp3) is 0.0328. The second-order valence-corrected chi connectivity index (χ2v) is 31.6. The van der Waals surface area contributed by atoms with Crippen molar-refractivity contribution in [3.63, 3.8) is 0 Å². The van der Waals surface area contributed by atoms with Crippen LogP contribution in [-0.4, -0.2) is 28.2 Å². The summed E-state index contributed by atoms with van der Waals surface area (Å²) < 4.78 is 0. The summed E-state index contributed by atoms with van der Waals surface area (Å²) in [6.45, 7) is 0. The Morgan fingerprint density at radius 2 is 0.331 bits per heavy atom. The van der Waals surface area contributed by atoms with Crippen molar-refractivity contribution in [2.24, 2.45) is 0 Å². The highest BCUT2D eigenvalue weighted by atomic mass is 15.2. The van der Waals surface area contributed by atoms with E-state index in [1.807, 2.05) is 6.07 Å². The highest BCUT2D eigenvalue weighted by molar-refractivity contribution is 5.90. The van der Waals surface area contributed by atoms with Gasteiger partial charge in [-0.05, 0) is 251 Å². The second-order valence-electron chi connectivity index (χ2n) is 31.6. The van der Waals surface area contributed by atoms with Gasteiger partial charge in [-0.1, -0.05) is 334 Å². The molecule has 130 heavy (non-hydrogen) atoms. The molecule has 0 unspecified atom stereocenters. The predicted octanol–water partition coefficient (Wildman–Crippen LogP) is 33.9. The third kappa shape index (κ3) is 20.8. The summed E-state index contributed by atoms with van der Waals surface area (Å²) in [5.41, 5.74) is 30.1. The molecule has 0 atom stereocenters. The monoisotopic (exact) mass is 1680 g/mol. The molecule has 0 aliphatic carbocycles. The van der Waals surface area contributed by atoms with E-state index in [-0.39, 0.29) is 0 Å². The number of para-hydroxylation sites is 9. The van der Waals surface area contributed by atoms with Crippen molar-refractivity contribution in [3.8, 4) is 33.4 Å². The molecule has 0 amide bonds. The molecule has 0 bridgehead atoms. The quantitative estimate of drug-likeness (QED) is 0.0625. The molecule has 0 saturated carbocycles. The number of nitrogens with zero attached hydrogens (tertiary/aromatic N) is 8. The van der Waals surface area contributed by atoms with Crippen LogP contribution >= 0.6 is 0 Å². The van der Waals surface area contributed by atoms with E-state index in [2.05, 4.69) is 607 Å². The average molecular weight is 1680 g/mol. The molecule has 0 saturated heterocycles. The van der Waals surface area contributed by atoms with Crippen LogP contribution in [0, 0.1) is 0 Å². The van der Waals surface area contributed by atoms with Crippen molar-refractivity contribution < 1.29 is 0 Å². The summed E-state index contributed by atoms with van der Waals surface area (Å²) in [7, 11) is 8.50. The normalized spacial score (nSPS) is 10.6. The van der Waals surface area contributed by atoms with Crippen LogP contribution in [0.5, 0.6) is 0 Å². The van der Waals surface area contributed by atoms with Gasteiger partial charge in [0.15, 0.2) is 0 Å². The molecule has 8 heteroatoms. The largest absolute Gasteiger partial charge is 0.345 e. The minimum Gasteiger partial charge on any atom is -0.345 e. The van der Waals surface area contributed by atoms with E-state index in [0.29, 0.717) is 0 Å². The molecular weight excluding hydrogens is 1580 g/mol. The van der Waals surface area contributed by atoms with E-state index in [9.17, 15) is 0 Å². The van der Waals surface area contributed by atoms with Crippen molar-refractivity contribution in [1.29, 1.82) is 0 Å². The molecule has 0 N–H and O–H groups in total. The number of rotatable bonds is 23. The molecule has 0 aromatic heterocycles. The standard InChI is InChI=1S/3C31H26N2.C29H24N2/c1-32(29-20-11-15-26(23-29)25-13-5-2-6-14-25)30-21-12-22-31(24-30)33(27-16-7-3-8-17-27)28-18-9-4-10-19-28;1-32(31-23-12-11-22-30(31)25-14-5-2-6-15-25)28-20-13-21-29(24-28)33(26-16-7-3-8-17-26)27-18-9-4-10-19-27;1-32(27-22-20-26(21-23-27)25-12-5-2-6-13-25)30-18-11-19-31(24-30)33(28-14-7-3-8-15-28)29-16-9-4-10-17-29;1-30(28-20-19-23-11-8-9-12-24(23)21-28)27-17-10-18-29(22-27)31(25-13-4-2-5-14-25)26-15-6-3-7-16-26/h3*2-24H,1H3;2-22H,1H3. The molecule has 630 valence electrons. The van der Waals surface area contributed by atoms with Crippen molar-refractivity contribution >= 4 is 125 Å². The van der Waals surface area contributed by atoms with Gasteiger partial charge in [-0.25, -0.2) is 0 Å². The van der Waals surface area contributed by atoms with Crippen molar-refractivity contribution in [2.75, 3.05) is 67.4 Å². The van der Waals surface area contributed by atoms with Crippen LogP contribution in [0.4, 0.5) is 114 Å². The van der Waals surface area contributed by atoms with Gasteiger partial charge in [0.1, 0.15) is 0 Å². The van der Waals surface area contributed by atoms with Crippen LogP contribution in [0.1, 0.15) is 0 Å². The lowest BCUT2D eigenvalue weighted by Gasteiger charge is -2.28.